The Hall–Kier alpha value is -2.37. The van der Waals surface area contributed by atoms with E-state index in [0.29, 0.717) is 26.2 Å². The van der Waals surface area contributed by atoms with E-state index in [1.54, 1.807) is 27.3 Å². The number of thiazole rings is 1. The van der Waals surface area contributed by atoms with E-state index in [-0.39, 0.29) is 30.5 Å². The van der Waals surface area contributed by atoms with Crippen molar-refractivity contribution in [2.45, 2.75) is 104 Å². The molecular weight excluding hydrogens is 529 g/mol. The fraction of sp³-hybridized carbons (Fsp3) is 0.690. The van der Waals surface area contributed by atoms with Crippen LogP contribution in [0.25, 0.3) is 5.57 Å². The maximum atomic E-state index is 12.1. The first-order valence-corrected chi connectivity index (χ1v) is 14.8. The Kier molecular flexibility index (Phi) is 9.84. The van der Waals surface area contributed by atoms with E-state index in [0.717, 1.165) is 23.3 Å². The van der Waals surface area contributed by atoms with Gasteiger partial charge in [0.15, 0.2) is 0 Å². The molecule has 0 unspecified atom stereocenters. The molecule has 0 atom stereocenters. The summed E-state index contributed by atoms with van der Waals surface area (Å²) in [6.45, 7) is 21.9. The summed E-state index contributed by atoms with van der Waals surface area (Å²) in [6, 6.07) is 0. The predicted octanol–water partition coefficient (Wildman–Crippen LogP) is 6.35. The van der Waals surface area contributed by atoms with Crippen LogP contribution < -0.4 is 0 Å². The summed E-state index contributed by atoms with van der Waals surface area (Å²) in [5, 5.41) is 3.02. The summed E-state index contributed by atoms with van der Waals surface area (Å²) in [4.78, 5) is 31.6. The summed E-state index contributed by atoms with van der Waals surface area (Å²) < 4.78 is 22.9. The predicted molar refractivity (Wildman–Crippen MR) is 159 cm³/mol. The fourth-order valence-electron chi connectivity index (χ4n) is 4.12. The van der Waals surface area contributed by atoms with Gasteiger partial charge < -0.3 is 28.6 Å². The molecule has 1 fully saturated rings. The second-order valence-electron chi connectivity index (χ2n) is 13.3. The zero-order chi connectivity index (χ0) is 29.9. The lowest BCUT2D eigenvalue weighted by molar-refractivity contribution is 0.00578. The van der Waals surface area contributed by atoms with Crippen molar-refractivity contribution >= 4 is 36.2 Å². The van der Waals surface area contributed by atoms with Gasteiger partial charge in [0.2, 0.25) is 0 Å². The Morgan fingerprint density at radius 1 is 0.875 bits per heavy atom. The smallest absolute Gasteiger partial charge is 0.444 e. The molecule has 0 saturated carbocycles. The molecule has 1 aromatic heterocycles. The molecule has 0 N–H and O–H groups in total. The molecule has 4 heterocycles. The summed E-state index contributed by atoms with van der Waals surface area (Å²) in [7, 11) is -0.314. The van der Waals surface area contributed by atoms with Gasteiger partial charge in [-0.15, -0.1) is 11.3 Å². The Labute approximate surface area is 244 Å². The molecule has 4 rings (SSSR count). The van der Waals surface area contributed by atoms with Crippen LogP contribution in [0.2, 0.25) is 0 Å². The molecule has 1 aromatic rings. The number of carbonyl (C=O) groups excluding carboxylic acids is 2. The molecule has 0 spiro atoms. The highest BCUT2D eigenvalue weighted by Crippen LogP contribution is 2.39. The SMILES string of the molecule is CC(C)(C)OC(=O)N1CC=C(B2OC(C)(C)C(C)(C)O2)CC1.CC(C)(C)OC(=O)N1CC=C(c2nccs2)CC1. The van der Waals surface area contributed by atoms with E-state index in [9.17, 15) is 9.59 Å². The largest absolute Gasteiger partial charge is 0.490 e. The van der Waals surface area contributed by atoms with Crippen molar-refractivity contribution in [1.29, 1.82) is 0 Å². The number of rotatable bonds is 2. The molecule has 0 bridgehead atoms. The fourth-order valence-corrected chi connectivity index (χ4v) is 4.83. The average molecular weight is 576 g/mol. The maximum absolute atomic E-state index is 12.1. The monoisotopic (exact) mass is 575 g/mol. The number of hydrogen-bond acceptors (Lipinski definition) is 8. The lowest BCUT2D eigenvalue weighted by atomic mass is 9.75. The van der Waals surface area contributed by atoms with Crippen LogP contribution in [0.3, 0.4) is 0 Å². The second kappa shape index (κ2) is 12.2. The lowest BCUT2D eigenvalue weighted by Gasteiger charge is -2.32. The van der Waals surface area contributed by atoms with E-state index in [4.69, 9.17) is 18.8 Å². The zero-order valence-corrected chi connectivity index (χ0v) is 26.6. The standard InChI is InChI=1S/C16H28BNO4.C13H18N2O2S/c1-14(2,3)20-13(19)18-10-8-12(9-11-18)17-21-15(4,5)16(6,7)22-17;1-13(2,3)17-12(16)15-7-4-10(5-8-15)11-14-6-9-18-11/h8H,9-11H2,1-7H3;4,6,9H,5,7-8H2,1-3H3. The van der Waals surface area contributed by atoms with Crippen LogP contribution in [0, 0.1) is 0 Å². The highest BCUT2D eigenvalue weighted by Gasteiger charge is 2.52. The molecule has 11 heteroatoms. The van der Waals surface area contributed by atoms with Gasteiger partial charge in [0.05, 0.1) is 11.2 Å². The third kappa shape index (κ3) is 8.82. The van der Waals surface area contributed by atoms with E-state index in [1.807, 2.05) is 80.7 Å². The van der Waals surface area contributed by atoms with Crippen molar-refractivity contribution < 1.29 is 28.4 Å². The first kappa shape index (κ1) is 32.2. The highest BCUT2D eigenvalue weighted by atomic mass is 32.1. The van der Waals surface area contributed by atoms with Gasteiger partial charge in [-0.2, -0.15) is 0 Å². The van der Waals surface area contributed by atoms with E-state index in [2.05, 4.69) is 11.1 Å². The maximum Gasteiger partial charge on any atom is 0.490 e. The van der Waals surface area contributed by atoms with Crippen LogP contribution in [-0.2, 0) is 18.8 Å². The molecule has 0 aliphatic carbocycles. The highest BCUT2D eigenvalue weighted by molar-refractivity contribution is 7.10. The number of hydrogen-bond donors (Lipinski definition) is 0. The van der Waals surface area contributed by atoms with Gasteiger partial charge in [-0.25, -0.2) is 14.6 Å². The number of carbonyl (C=O) groups is 2. The van der Waals surface area contributed by atoms with E-state index in [1.165, 1.54) is 5.57 Å². The minimum atomic E-state index is -0.465. The van der Waals surface area contributed by atoms with Crippen molar-refractivity contribution in [2.24, 2.45) is 0 Å². The average Bonchev–Trinajstić information content (AvgIpc) is 3.43. The zero-order valence-electron chi connectivity index (χ0n) is 25.8. The van der Waals surface area contributed by atoms with Gasteiger partial charge in [-0.3, -0.25) is 0 Å². The van der Waals surface area contributed by atoms with Crippen molar-refractivity contribution in [2.75, 3.05) is 26.2 Å². The summed E-state index contributed by atoms with van der Waals surface area (Å²) in [6.07, 6.45) is 6.97. The molecule has 9 nitrogen and oxygen atoms in total. The first-order chi connectivity index (χ1) is 18.4. The second-order valence-corrected chi connectivity index (χ2v) is 14.2. The van der Waals surface area contributed by atoms with Gasteiger partial charge >= 0.3 is 19.3 Å². The Morgan fingerprint density at radius 3 is 1.75 bits per heavy atom. The van der Waals surface area contributed by atoms with E-state index >= 15 is 0 Å². The van der Waals surface area contributed by atoms with Crippen LogP contribution in [0.15, 0.2) is 29.2 Å². The minimum absolute atomic E-state index is 0.239. The quantitative estimate of drug-likeness (QED) is 0.380. The summed E-state index contributed by atoms with van der Waals surface area (Å²) in [5.74, 6) is 0. The molecule has 40 heavy (non-hydrogen) atoms. The third-order valence-electron chi connectivity index (χ3n) is 7.02. The van der Waals surface area contributed by atoms with Gasteiger partial charge in [0.25, 0.3) is 0 Å². The van der Waals surface area contributed by atoms with E-state index < -0.39 is 11.2 Å². The van der Waals surface area contributed by atoms with Crippen molar-refractivity contribution in [1.82, 2.24) is 14.8 Å². The Balaban J connectivity index is 0.000000225. The van der Waals surface area contributed by atoms with Crippen molar-refractivity contribution in [3.05, 3.63) is 34.2 Å². The number of ether oxygens (including phenoxy) is 2. The number of aromatic nitrogens is 1. The molecular formula is C29H46BN3O6S. The topological polar surface area (TPSA) is 90.4 Å². The van der Waals surface area contributed by atoms with Gasteiger partial charge in [0.1, 0.15) is 16.2 Å². The molecule has 1 saturated heterocycles. The van der Waals surface area contributed by atoms with Crippen LogP contribution in [0.1, 0.15) is 87.1 Å². The van der Waals surface area contributed by atoms with Crippen LogP contribution in [0.5, 0.6) is 0 Å². The molecule has 2 amide bonds. The number of nitrogens with zero attached hydrogens (tertiary/aromatic N) is 3. The lowest BCUT2D eigenvalue weighted by Crippen LogP contribution is -2.41. The molecule has 222 valence electrons. The molecule has 0 aromatic carbocycles. The van der Waals surface area contributed by atoms with Crippen molar-refractivity contribution in [3.8, 4) is 0 Å². The molecule has 0 radical (unpaired) electrons. The summed E-state index contributed by atoms with van der Waals surface area (Å²) >= 11 is 1.63. The normalized spacial score (nSPS) is 20.7. The Bertz CT molecular complexity index is 1090. The molecule has 3 aliphatic rings. The van der Waals surface area contributed by atoms with Gasteiger partial charge in [-0.05, 0) is 93.1 Å². The summed E-state index contributed by atoms with van der Waals surface area (Å²) in [5.41, 5.74) is 0.772. The van der Waals surface area contributed by atoms with Gasteiger partial charge in [-0.1, -0.05) is 12.2 Å². The van der Waals surface area contributed by atoms with Crippen LogP contribution >= 0.6 is 11.3 Å². The number of amides is 2. The third-order valence-corrected chi connectivity index (χ3v) is 7.87. The van der Waals surface area contributed by atoms with Gasteiger partial charge in [0, 0.05) is 37.8 Å². The van der Waals surface area contributed by atoms with Crippen LogP contribution in [-0.4, -0.2) is 82.7 Å². The first-order valence-electron chi connectivity index (χ1n) is 14.0. The van der Waals surface area contributed by atoms with Crippen LogP contribution in [0.4, 0.5) is 9.59 Å². The Morgan fingerprint density at radius 2 is 1.38 bits per heavy atom. The van der Waals surface area contributed by atoms with Crippen molar-refractivity contribution in [3.63, 3.8) is 0 Å². The minimum Gasteiger partial charge on any atom is -0.444 e. The molecule has 3 aliphatic heterocycles.